The first-order valence-electron chi connectivity index (χ1n) is 7.77. The zero-order valence-corrected chi connectivity index (χ0v) is 14.7. The molecule has 0 aromatic heterocycles. The van der Waals surface area contributed by atoms with Crippen LogP contribution in [-0.2, 0) is 14.8 Å². The molecule has 23 heavy (non-hydrogen) atoms. The lowest BCUT2D eigenvalue weighted by Crippen LogP contribution is -2.46. The number of nitrogens with zero attached hydrogens (tertiary/aromatic N) is 1. The molecule has 0 saturated carbocycles. The maximum absolute atomic E-state index is 13.1. The molecule has 5 nitrogen and oxygen atoms in total. The van der Waals surface area contributed by atoms with Crippen LogP contribution in [0.2, 0.25) is 0 Å². The minimum absolute atomic E-state index is 0.256. The average Bonchev–Trinajstić information content (AvgIpc) is 2.93. The van der Waals surface area contributed by atoms with Gasteiger partial charge in [-0.2, -0.15) is 4.31 Å². The van der Waals surface area contributed by atoms with Crippen molar-refractivity contribution in [1.82, 2.24) is 9.62 Å². The van der Waals surface area contributed by atoms with Crippen LogP contribution in [0.3, 0.4) is 0 Å². The van der Waals surface area contributed by atoms with E-state index < -0.39 is 16.1 Å². The second-order valence-electron chi connectivity index (χ2n) is 6.04. The van der Waals surface area contributed by atoms with Gasteiger partial charge in [0.15, 0.2) is 0 Å². The molecular weight excluding hydrogens is 312 g/mol. The molecule has 1 heterocycles. The Hall–Kier alpha value is -1.66. The zero-order chi connectivity index (χ0) is 17.2. The fourth-order valence-electron chi connectivity index (χ4n) is 3.27. The Labute approximate surface area is 138 Å². The van der Waals surface area contributed by atoms with E-state index in [9.17, 15) is 13.2 Å². The predicted octanol–water partition coefficient (Wildman–Crippen LogP) is 2.07. The molecule has 1 amide bonds. The van der Waals surface area contributed by atoms with Crippen molar-refractivity contribution in [3.05, 3.63) is 41.5 Å². The van der Waals surface area contributed by atoms with Crippen molar-refractivity contribution >= 4 is 15.9 Å². The number of benzene rings is 1. The van der Waals surface area contributed by atoms with Crippen LogP contribution >= 0.6 is 0 Å². The maximum atomic E-state index is 13.1. The van der Waals surface area contributed by atoms with Gasteiger partial charge in [0.25, 0.3) is 0 Å². The van der Waals surface area contributed by atoms with Crippen molar-refractivity contribution in [2.75, 3.05) is 13.1 Å². The van der Waals surface area contributed by atoms with E-state index in [4.69, 9.17) is 0 Å². The molecule has 1 aromatic rings. The van der Waals surface area contributed by atoms with Gasteiger partial charge in [0.1, 0.15) is 6.04 Å². The van der Waals surface area contributed by atoms with Crippen molar-refractivity contribution in [2.24, 2.45) is 0 Å². The Morgan fingerprint density at radius 3 is 2.52 bits per heavy atom. The van der Waals surface area contributed by atoms with Gasteiger partial charge < -0.3 is 5.32 Å². The topological polar surface area (TPSA) is 66.5 Å². The highest BCUT2D eigenvalue weighted by molar-refractivity contribution is 7.89. The lowest BCUT2D eigenvalue weighted by atomic mass is 10.1. The number of amides is 1. The molecule has 0 radical (unpaired) electrons. The van der Waals surface area contributed by atoms with Gasteiger partial charge in [0, 0.05) is 13.1 Å². The summed E-state index contributed by atoms with van der Waals surface area (Å²) in [5.74, 6) is -0.256. The minimum Gasteiger partial charge on any atom is -0.351 e. The van der Waals surface area contributed by atoms with Gasteiger partial charge >= 0.3 is 0 Å². The average molecular weight is 336 g/mol. The number of carbonyl (C=O) groups excluding carboxylic acids is 1. The van der Waals surface area contributed by atoms with E-state index in [1.165, 1.54) is 4.31 Å². The summed E-state index contributed by atoms with van der Waals surface area (Å²) in [6, 6.07) is 3.09. The molecule has 0 spiro atoms. The Morgan fingerprint density at radius 1 is 1.35 bits per heavy atom. The van der Waals surface area contributed by atoms with Crippen molar-refractivity contribution in [3.63, 3.8) is 0 Å². The molecule has 126 valence electrons. The van der Waals surface area contributed by atoms with Crippen LogP contribution in [0.1, 0.15) is 29.5 Å². The Bertz CT molecular complexity index is 702. The van der Waals surface area contributed by atoms with Crippen LogP contribution in [0.4, 0.5) is 0 Å². The third-order valence-corrected chi connectivity index (χ3v) is 6.31. The van der Waals surface area contributed by atoms with E-state index in [1.54, 1.807) is 19.9 Å². The van der Waals surface area contributed by atoms with E-state index in [1.807, 2.05) is 19.1 Å². The number of aryl methyl sites for hydroxylation is 3. The van der Waals surface area contributed by atoms with Crippen molar-refractivity contribution < 1.29 is 13.2 Å². The highest BCUT2D eigenvalue weighted by Gasteiger charge is 2.40. The smallest absolute Gasteiger partial charge is 0.244 e. The van der Waals surface area contributed by atoms with E-state index in [0.717, 1.165) is 16.7 Å². The number of hydrogen-bond acceptors (Lipinski definition) is 3. The summed E-state index contributed by atoms with van der Waals surface area (Å²) in [6.07, 6.45) is 2.82. The third-order valence-electron chi connectivity index (χ3n) is 4.10. The molecule has 1 atom stereocenters. The normalized spacial score (nSPS) is 18.8. The highest BCUT2D eigenvalue weighted by Crippen LogP contribution is 2.30. The first-order valence-corrected chi connectivity index (χ1v) is 9.21. The fraction of sp³-hybridized carbons (Fsp3) is 0.471. The molecule has 1 saturated heterocycles. The van der Waals surface area contributed by atoms with Crippen molar-refractivity contribution in [2.45, 2.75) is 44.6 Å². The second kappa shape index (κ2) is 6.84. The number of carbonyl (C=O) groups is 1. The fourth-order valence-corrected chi connectivity index (χ4v) is 5.34. The van der Waals surface area contributed by atoms with Gasteiger partial charge in [-0.3, -0.25) is 4.79 Å². The summed E-state index contributed by atoms with van der Waals surface area (Å²) in [5, 5.41) is 2.70. The molecular formula is C17H24N2O3S. The second-order valence-corrected chi connectivity index (χ2v) is 7.86. The number of hydrogen-bond donors (Lipinski definition) is 1. The first-order chi connectivity index (χ1) is 10.8. The lowest BCUT2D eigenvalue weighted by Gasteiger charge is -2.25. The predicted molar refractivity (Wildman–Crippen MR) is 90.8 cm³/mol. The Morgan fingerprint density at radius 2 is 1.96 bits per heavy atom. The van der Waals surface area contributed by atoms with Gasteiger partial charge in [-0.15, -0.1) is 6.58 Å². The molecule has 1 aliphatic rings. The van der Waals surface area contributed by atoms with Crippen LogP contribution in [0, 0.1) is 20.8 Å². The summed E-state index contributed by atoms with van der Waals surface area (Å²) >= 11 is 0. The van der Waals surface area contributed by atoms with Gasteiger partial charge in [0.2, 0.25) is 15.9 Å². The summed E-state index contributed by atoms with van der Waals surface area (Å²) in [4.78, 5) is 12.6. The van der Waals surface area contributed by atoms with E-state index in [2.05, 4.69) is 11.9 Å². The van der Waals surface area contributed by atoms with Crippen molar-refractivity contribution in [3.8, 4) is 0 Å². The molecule has 1 fully saturated rings. The molecule has 6 heteroatoms. The molecule has 1 aromatic carbocycles. The SMILES string of the molecule is C=CCNC(=O)[C@H]1CCCN1S(=O)(=O)c1c(C)cc(C)cc1C. The third kappa shape index (κ3) is 3.48. The standard InChI is InChI=1S/C17H24N2O3S/c1-5-8-18-17(20)15-7-6-9-19(15)23(21,22)16-13(3)10-12(2)11-14(16)4/h5,10-11,15H,1,6-9H2,2-4H3,(H,18,20)/t15-/m1/s1. The minimum atomic E-state index is -3.69. The van der Waals surface area contributed by atoms with Crippen molar-refractivity contribution in [1.29, 1.82) is 0 Å². The molecule has 2 rings (SSSR count). The molecule has 0 aliphatic carbocycles. The van der Waals surface area contributed by atoms with Gasteiger partial charge in [0.05, 0.1) is 4.90 Å². The van der Waals surface area contributed by atoms with Gasteiger partial charge in [-0.05, 0) is 44.7 Å². The molecule has 1 aliphatic heterocycles. The largest absolute Gasteiger partial charge is 0.351 e. The summed E-state index contributed by atoms with van der Waals surface area (Å²) in [7, 11) is -3.69. The van der Waals surface area contributed by atoms with E-state index in [0.29, 0.717) is 30.8 Å². The molecule has 0 bridgehead atoms. The van der Waals surface area contributed by atoms with Crippen LogP contribution < -0.4 is 5.32 Å². The lowest BCUT2D eigenvalue weighted by molar-refractivity contribution is -0.123. The number of rotatable bonds is 5. The summed E-state index contributed by atoms with van der Waals surface area (Å²) in [5.41, 5.74) is 2.47. The molecule has 0 unspecified atom stereocenters. The van der Waals surface area contributed by atoms with Gasteiger partial charge in [-0.25, -0.2) is 8.42 Å². The first kappa shape index (κ1) is 17.7. The number of sulfonamides is 1. The van der Waals surface area contributed by atoms with E-state index >= 15 is 0 Å². The highest BCUT2D eigenvalue weighted by atomic mass is 32.2. The Balaban J connectivity index is 2.39. The maximum Gasteiger partial charge on any atom is 0.244 e. The number of nitrogens with one attached hydrogen (secondary N) is 1. The van der Waals surface area contributed by atoms with Gasteiger partial charge in [-0.1, -0.05) is 23.8 Å². The van der Waals surface area contributed by atoms with Crippen LogP contribution in [0.5, 0.6) is 0 Å². The van der Waals surface area contributed by atoms with Crippen LogP contribution in [0.25, 0.3) is 0 Å². The van der Waals surface area contributed by atoms with Crippen LogP contribution in [0.15, 0.2) is 29.7 Å². The molecule has 1 N–H and O–H groups in total. The monoisotopic (exact) mass is 336 g/mol. The van der Waals surface area contributed by atoms with E-state index in [-0.39, 0.29) is 5.91 Å². The quantitative estimate of drug-likeness (QED) is 0.837. The summed E-state index contributed by atoms with van der Waals surface area (Å²) < 4.78 is 27.5. The zero-order valence-electron chi connectivity index (χ0n) is 13.9. The van der Waals surface area contributed by atoms with Crippen LogP contribution in [-0.4, -0.2) is 37.8 Å². The Kier molecular flexibility index (Phi) is 5.26. The summed E-state index contributed by atoms with van der Waals surface area (Å²) in [6.45, 7) is 9.82.